The average Bonchev–Trinajstić information content (AvgIpc) is 3.18. The summed E-state index contributed by atoms with van der Waals surface area (Å²) in [7, 11) is 1.76. The highest BCUT2D eigenvalue weighted by Gasteiger charge is 2.15. The number of aryl methyl sites for hydroxylation is 1. The lowest BCUT2D eigenvalue weighted by Gasteiger charge is -2.02. The van der Waals surface area contributed by atoms with Crippen LogP contribution in [0.3, 0.4) is 0 Å². The second-order valence-corrected chi connectivity index (χ2v) is 4.38. The van der Waals surface area contributed by atoms with Crippen LogP contribution in [0.15, 0.2) is 28.8 Å². The highest BCUT2D eigenvalue weighted by Crippen LogP contribution is 2.35. The summed E-state index contributed by atoms with van der Waals surface area (Å²) in [5.74, 6) is 1.69. The van der Waals surface area contributed by atoms with Crippen LogP contribution in [-0.4, -0.2) is 32.0 Å². The molecular formula is C12H10N6O3. The van der Waals surface area contributed by atoms with Crippen molar-refractivity contribution in [2.24, 2.45) is 7.05 Å². The first-order chi connectivity index (χ1) is 10.3. The van der Waals surface area contributed by atoms with Crippen LogP contribution in [0, 0.1) is 0 Å². The molecule has 0 saturated carbocycles. The van der Waals surface area contributed by atoms with Crippen LogP contribution in [-0.2, 0) is 7.05 Å². The monoisotopic (exact) mass is 286 g/mol. The van der Waals surface area contributed by atoms with E-state index < -0.39 is 0 Å². The van der Waals surface area contributed by atoms with E-state index in [0.29, 0.717) is 23.1 Å². The number of ether oxygens (including phenoxy) is 2. The summed E-state index contributed by atoms with van der Waals surface area (Å²) in [6, 6.07) is 5.70. The van der Waals surface area contributed by atoms with Crippen molar-refractivity contribution in [3.63, 3.8) is 0 Å². The van der Waals surface area contributed by atoms with E-state index in [2.05, 4.69) is 25.8 Å². The third-order valence-electron chi connectivity index (χ3n) is 2.87. The van der Waals surface area contributed by atoms with Gasteiger partial charge in [0.2, 0.25) is 6.79 Å². The number of nitrogens with zero attached hydrogens (tertiary/aromatic N) is 5. The van der Waals surface area contributed by atoms with Crippen LogP contribution < -0.4 is 14.8 Å². The lowest BCUT2D eigenvalue weighted by atomic mass is 10.3. The molecule has 1 aliphatic heterocycles. The molecule has 9 heteroatoms. The average molecular weight is 286 g/mol. The molecule has 3 heterocycles. The van der Waals surface area contributed by atoms with Gasteiger partial charge in [-0.05, 0) is 12.1 Å². The topological polar surface area (TPSA) is 100 Å². The lowest BCUT2D eigenvalue weighted by molar-refractivity contribution is 0.174. The largest absolute Gasteiger partial charge is 0.454 e. The molecule has 0 spiro atoms. The van der Waals surface area contributed by atoms with E-state index in [4.69, 9.17) is 13.9 Å². The van der Waals surface area contributed by atoms with Crippen LogP contribution in [0.4, 0.5) is 11.7 Å². The van der Waals surface area contributed by atoms with Gasteiger partial charge in [-0.25, -0.2) is 0 Å². The van der Waals surface area contributed by atoms with Gasteiger partial charge in [0.1, 0.15) is 0 Å². The summed E-state index contributed by atoms with van der Waals surface area (Å²) in [6.45, 7) is 0.232. The number of aromatic nitrogens is 5. The Morgan fingerprint density at radius 1 is 1.14 bits per heavy atom. The molecule has 9 nitrogen and oxygen atoms in total. The first-order valence-corrected chi connectivity index (χ1v) is 6.15. The van der Waals surface area contributed by atoms with Gasteiger partial charge in [-0.15, -0.1) is 10.2 Å². The standard InChI is InChI=1S/C12H10N6O3/c1-18-5-8(14-17-18)11-15-16-12(21-11)13-7-2-3-9-10(4-7)20-6-19-9/h2-5H,6H2,1H3,(H,13,16). The maximum Gasteiger partial charge on any atom is 0.320 e. The number of rotatable bonds is 3. The fourth-order valence-electron chi connectivity index (χ4n) is 1.92. The Hall–Kier alpha value is -3.10. The molecule has 1 aromatic carbocycles. The molecule has 0 atom stereocenters. The number of anilines is 2. The highest BCUT2D eigenvalue weighted by atomic mass is 16.7. The van der Waals surface area contributed by atoms with Crippen LogP contribution >= 0.6 is 0 Å². The molecule has 0 bridgehead atoms. The summed E-state index contributed by atoms with van der Waals surface area (Å²) < 4.78 is 17.6. The Kier molecular flexibility index (Phi) is 2.49. The molecular weight excluding hydrogens is 276 g/mol. The quantitative estimate of drug-likeness (QED) is 0.769. The Labute approximate surface area is 118 Å². The summed E-state index contributed by atoms with van der Waals surface area (Å²) in [6.07, 6.45) is 1.69. The van der Waals surface area contributed by atoms with Gasteiger partial charge in [0.15, 0.2) is 17.2 Å². The predicted molar refractivity (Wildman–Crippen MR) is 70.1 cm³/mol. The van der Waals surface area contributed by atoms with Crippen LogP contribution in [0.1, 0.15) is 0 Å². The van der Waals surface area contributed by atoms with Crippen molar-refractivity contribution in [1.82, 2.24) is 25.2 Å². The minimum absolute atomic E-state index is 0.232. The fourth-order valence-corrected chi connectivity index (χ4v) is 1.92. The SMILES string of the molecule is Cn1cc(-c2nnc(Nc3ccc4c(c3)OCO4)o2)nn1. The van der Waals surface area contributed by atoms with Gasteiger partial charge in [0, 0.05) is 18.8 Å². The van der Waals surface area contributed by atoms with Crippen molar-refractivity contribution in [2.45, 2.75) is 0 Å². The second kappa shape index (κ2) is 4.47. The van der Waals surface area contributed by atoms with E-state index in [9.17, 15) is 0 Å². The summed E-state index contributed by atoms with van der Waals surface area (Å²) >= 11 is 0. The molecule has 0 amide bonds. The Morgan fingerprint density at radius 2 is 2.05 bits per heavy atom. The fraction of sp³-hybridized carbons (Fsp3) is 0.167. The van der Waals surface area contributed by atoms with E-state index in [0.717, 1.165) is 5.69 Å². The molecule has 21 heavy (non-hydrogen) atoms. The Balaban J connectivity index is 1.56. The normalized spacial score (nSPS) is 12.6. The van der Waals surface area contributed by atoms with E-state index in [-0.39, 0.29) is 12.8 Å². The molecule has 106 valence electrons. The maximum absolute atomic E-state index is 5.49. The van der Waals surface area contributed by atoms with Gasteiger partial charge in [-0.3, -0.25) is 4.68 Å². The predicted octanol–water partition coefficient (Wildman–Crippen LogP) is 1.34. The lowest BCUT2D eigenvalue weighted by Crippen LogP contribution is -1.93. The molecule has 0 aliphatic carbocycles. The first-order valence-electron chi connectivity index (χ1n) is 6.15. The summed E-state index contributed by atoms with van der Waals surface area (Å²) in [5, 5.41) is 18.6. The van der Waals surface area contributed by atoms with Crippen molar-refractivity contribution in [3.05, 3.63) is 24.4 Å². The third kappa shape index (κ3) is 2.14. The first kappa shape index (κ1) is 11.7. The van der Waals surface area contributed by atoms with Crippen molar-refractivity contribution in [3.8, 4) is 23.1 Å². The van der Waals surface area contributed by atoms with E-state index in [1.165, 1.54) is 0 Å². The smallest absolute Gasteiger partial charge is 0.320 e. The van der Waals surface area contributed by atoms with E-state index >= 15 is 0 Å². The molecule has 1 aliphatic rings. The molecule has 3 aromatic rings. The molecule has 0 saturated heterocycles. The minimum Gasteiger partial charge on any atom is -0.454 e. The van der Waals surface area contributed by atoms with Gasteiger partial charge < -0.3 is 19.2 Å². The third-order valence-corrected chi connectivity index (χ3v) is 2.87. The summed E-state index contributed by atoms with van der Waals surface area (Å²) in [4.78, 5) is 0. The molecule has 2 aromatic heterocycles. The van der Waals surface area contributed by atoms with Crippen LogP contribution in [0.2, 0.25) is 0 Å². The zero-order valence-electron chi connectivity index (χ0n) is 11.0. The minimum atomic E-state index is 0.232. The number of nitrogens with one attached hydrogen (secondary N) is 1. The zero-order valence-corrected chi connectivity index (χ0v) is 11.0. The number of benzene rings is 1. The Morgan fingerprint density at radius 3 is 2.90 bits per heavy atom. The molecule has 0 fully saturated rings. The number of fused-ring (bicyclic) bond motifs is 1. The van der Waals surface area contributed by atoms with Gasteiger partial charge in [0.05, 0.1) is 6.20 Å². The van der Waals surface area contributed by atoms with E-state index in [1.807, 2.05) is 12.1 Å². The number of hydrogen-bond donors (Lipinski definition) is 1. The molecule has 0 unspecified atom stereocenters. The molecule has 1 N–H and O–H groups in total. The molecule has 4 rings (SSSR count). The van der Waals surface area contributed by atoms with Crippen molar-refractivity contribution in [1.29, 1.82) is 0 Å². The summed E-state index contributed by atoms with van der Waals surface area (Å²) in [5.41, 5.74) is 1.28. The van der Waals surface area contributed by atoms with Crippen molar-refractivity contribution >= 4 is 11.7 Å². The highest BCUT2D eigenvalue weighted by molar-refractivity contribution is 5.60. The number of hydrogen-bond acceptors (Lipinski definition) is 8. The van der Waals surface area contributed by atoms with E-state index in [1.54, 1.807) is 24.0 Å². The zero-order chi connectivity index (χ0) is 14.2. The van der Waals surface area contributed by atoms with Crippen LogP contribution in [0.5, 0.6) is 11.5 Å². The second-order valence-electron chi connectivity index (χ2n) is 4.38. The van der Waals surface area contributed by atoms with Gasteiger partial charge in [-0.1, -0.05) is 10.3 Å². The van der Waals surface area contributed by atoms with Gasteiger partial charge in [0.25, 0.3) is 5.89 Å². The van der Waals surface area contributed by atoms with Crippen molar-refractivity contribution < 1.29 is 13.9 Å². The van der Waals surface area contributed by atoms with Crippen molar-refractivity contribution in [2.75, 3.05) is 12.1 Å². The Bertz CT molecular complexity index is 796. The van der Waals surface area contributed by atoms with Crippen LogP contribution in [0.25, 0.3) is 11.6 Å². The maximum atomic E-state index is 5.49. The van der Waals surface area contributed by atoms with Gasteiger partial charge >= 0.3 is 6.01 Å². The van der Waals surface area contributed by atoms with Gasteiger partial charge in [-0.2, -0.15) is 0 Å². The molecule has 0 radical (unpaired) electrons.